The lowest BCUT2D eigenvalue weighted by Crippen LogP contribution is -2.61. The Kier molecular flexibility index (Phi) is 2.60. The van der Waals surface area contributed by atoms with Crippen molar-refractivity contribution in [1.29, 1.82) is 0 Å². The maximum atomic E-state index is 5.79. The molecule has 1 atom stereocenters. The summed E-state index contributed by atoms with van der Waals surface area (Å²) in [4.78, 5) is 2.55. The first-order chi connectivity index (χ1) is 6.07. The molecule has 3 heteroatoms. The maximum Gasteiger partial charge on any atom is 0.0297 e. The Hall–Kier alpha value is 0.270. The molecule has 0 aliphatic carbocycles. The van der Waals surface area contributed by atoms with Gasteiger partial charge < -0.3 is 5.73 Å². The summed E-state index contributed by atoms with van der Waals surface area (Å²) in [6, 6.07) is 1.25. The number of nitrogens with two attached hydrogens (primary N) is 1. The topological polar surface area (TPSA) is 29.3 Å². The van der Waals surface area contributed by atoms with Crippen LogP contribution >= 0.6 is 11.8 Å². The molecule has 2 heterocycles. The summed E-state index contributed by atoms with van der Waals surface area (Å²) in [6.07, 6.45) is 1.35. The Morgan fingerprint density at radius 3 is 2.62 bits per heavy atom. The zero-order chi connectivity index (χ0) is 9.47. The molecule has 13 heavy (non-hydrogen) atoms. The average Bonchev–Trinajstić information content (AvgIpc) is 1.97. The van der Waals surface area contributed by atoms with E-state index in [2.05, 4.69) is 30.5 Å². The molecule has 0 amide bonds. The lowest BCUT2D eigenvalue weighted by atomic mass is 9.86. The Morgan fingerprint density at radius 2 is 2.08 bits per heavy atom. The van der Waals surface area contributed by atoms with E-state index < -0.39 is 0 Å². The third-order valence-corrected chi connectivity index (χ3v) is 4.65. The minimum atomic E-state index is 0.454. The predicted molar refractivity (Wildman–Crippen MR) is 59.1 cm³/mol. The monoisotopic (exact) mass is 200 g/mol. The van der Waals surface area contributed by atoms with Gasteiger partial charge in [0.05, 0.1) is 0 Å². The minimum absolute atomic E-state index is 0.454. The average molecular weight is 200 g/mol. The van der Waals surface area contributed by atoms with Crippen LogP contribution in [0.5, 0.6) is 0 Å². The van der Waals surface area contributed by atoms with Crippen molar-refractivity contribution in [1.82, 2.24) is 4.90 Å². The van der Waals surface area contributed by atoms with Crippen LogP contribution in [0.2, 0.25) is 0 Å². The van der Waals surface area contributed by atoms with E-state index in [1.807, 2.05) is 0 Å². The number of likely N-dealkylation sites (tertiary alicyclic amines) is 1. The Morgan fingerprint density at radius 1 is 1.38 bits per heavy atom. The highest BCUT2D eigenvalue weighted by Gasteiger charge is 2.36. The summed E-state index contributed by atoms with van der Waals surface area (Å²) < 4.78 is 0. The number of hydrogen-bond donors (Lipinski definition) is 1. The van der Waals surface area contributed by atoms with E-state index in [1.54, 1.807) is 0 Å². The molecule has 0 aromatic carbocycles. The molecule has 0 bridgehead atoms. The smallest absolute Gasteiger partial charge is 0.0297 e. The van der Waals surface area contributed by atoms with Gasteiger partial charge in [0.2, 0.25) is 0 Å². The molecule has 2 saturated heterocycles. The van der Waals surface area contributed by atoms with Crippen molar-refractivity contribution >= 4 is 11.8 Å². The van der Waals surface area contributed by atoms with Gasteiger partial charge in [0, 0.05) is 30.9 Å². The lowest BCUT2D eigenvalue weighted by Gasteiger charge is -2.47. The Balaban J connectivity index is 1.86. The van der Waals surface area contributed by atoms with Crippen molar-refractivity contribution in [2.45, 2.75) is 32.4 Å². The molecule has 76 valence electrons. The van der Waals surface area contributed by atoms with Crippen molar-refractivity contribution in [3.63, 3.8) is 0 Å². The third kappa shape index (κ3) is 2.20. The lowest BCUT2D eigenvalue weighted by molar-refractivity contribution is 0.0783. The van der Waals surface area contributed by atoms with Crippen LogP contribution in [0.15, 0.2) is 0 Å². The van der Waals surface area contributed by atoms with E-state index >= 15 is 0 Å². The molecule has 0 aromatic heterocycles. The summed E-state index contributed by atoms with van der Waals surface area (Å²) in [6.45, 7) is 7.01. The molecular formula is C10H20N2S. The van der Waals surface area contributed by atoms with Crippen LogP contribution < -0.4 is 5.73 Å². The van der Waals surface area contributed by atoms with Gasteiger partial charge in [0.1, 0.15) is 0 Å². The summed E-state index contributed by atoms with van der Waals surface area (Å²) in [7, 11) is 0. The maximum absolute atomic E-state index is 5.79. The van der Waals surface area contributed by atoms with Gasteiger partial charge in [-0.05, 0) is 17.6 Å². The molecule has 0 saturated carbocycles. The first-order valence-corrected chi connectivity index (χ1v) is 6.30. The highest BCUT2D eigenvalue weighted by atomic mass is 32.2. The molecular weight excluding hydrogens is 180 g/mol. The molecule has 0 aromatic rings. The van der Waals surface area contributed by atoms with Gasteiger partial charge in [-0.25, -0.2) is 0 Å². The van der Waals surface area contributed by atoms with Gasteiger partial charge in [-0.2, -0.15) is 11.8 Å². The quantitative estimate of drug-likeness (QED) is 0.689. The van der Waals surface area contributed by atoms with E-state index in [-0.39, 0.29) is 0 Å². The molecule has 0 radical (unpaired) electrons. The molecule has 2 aliphatic heterocycles. The van der Waals surface area contributed by atoms with Crippen LogP contribution in [-0.2, 0) is 0 Å². The Labute approximate surface area is 85.2 Å². The van der Waals surface area contributed by atoms with Crippen LogP contribution in [0, 0.1) is 5.41 Å². The zero-order valence-corrected chi connectivity index (χ0v) is 9.44. The van der Waals surface area contributed by atoms with Crippen molar-refractivity contribution in [3.8, 4) is 0 Å². The Bertz CT molecular complexity index is 187. The minimum Gasteiger partial charge on any atom is -0.325 e. The summed E-state index contributed by atoms with van der Waals surface area (Å²) >= 11 is 2.11. The van der Waals surface area contributed by atoms with Gasteiger partial charge >= 0.3 is 0 Å². The van der Waals surface area contributed by atoms with Crippen LogP contribution in [0.25, 0.3) is 0 Å². The van der Waals surface area contributed by atoms with E-state index in [1.165, 1.54) is 17.9 Å². The summed E-state index contributed by atoms with van der Waals surface area (Å²) in [5.74, 6) is 2.64. The van der Waals surface area contributed by atoms with E-state index in [0.29, 0.717) is 11.5 Å². The molecule has 2 fully saturated rings. The summed E-state index contributed by atoms with van der Waals surface area (Å²) in [5.41, 5.74) is 6.33. The van der Waals surface area contributed by atoms with Crippen molar-refractivity contribution < 1.29 is 0 Å². The number of thioether (sulfide) groups is 1. The molecule has 2 aliphatic rings. The molecule has 2 nitrogen and oxygen atoms in total. The highest BCUT2D eigenvalue weighted by molar-refractivity contribution is 7.99. The van der Waals surface area contributed by atoms with Crippen LogP contribution in [0.1, 0.15) is 20.3 Å². The normalized spacial score (nSPS) is 35.8. The largest absolute Gasteiger partial charge is 0.325 e. The number of rotatable bonds is 1. The second-order valence-electron chi connectivity index (χ2n) is 5.25. The van der Waals surface area contributed by atoms with Crippen molar-refractivity contribution in [2.24, 2.45) is 11.1 Å². The molecule has 1 unspecified atom stereocenters. The molecule has 2 N–H and O–H groups in total. The first kappa shape index (κ1) is 9.81. The summed E-state index contributed by atoms with van der Waals surface area (Å²) in [5, 5.41) is 0. The van der Waals surface area contributed by atoms with E-state index in [0.717, 1.165) is 19.1 Å². The standard InChI is InChI=1S/C10H20N2S/c1-10(2)3-9(6-13-7-10)12-4-8(11)5-12/h8-9H,3-7,11H2,1-2H3. The SMILES string of the molecule is CC1(C)CSCC(N2CC(N)C2)C1. The number of nitrogens with zero attached hydrogens (tertiary/aromatic N) is 1. The number of hydrogen-bond acceptors (Lipinski definition) is 3. The third-order valence-electron chi connectivity index (χ3n) is 3.05. The van der Waals surface area contributed by atoms with E-state index in [9.17, 15) is 0 Å². The van der Waals surface area contributed by atoms with Crippen LogP contribution in [0.4, 0.5) is 0 Å². The second kappa shape index (κ2) is 3.44. The second-order valence-corrected chi connectivity index (χ2v) is 6.28. The fourth-order valence-corrected chi connectivity index (χ4v) is 3.70. The highest BCUT2D eigenvalue weighted by Crippen LogP contribution is 2.36. The van der Waals surface area contributed by atoms with Gasteiger partial charge in [-0.15, -0.1) is 0 Å². The van der Waals surface area contributed by atoms with Gasteiger partial charge in [-0.1, -0.05) is 13.8 Å². The fourth-order valence-electron chi connectivity index (χ4n) is 2.31. The van der Waals surface area contributed by atoms with E-state index in [4.69, 9.17) is 5.73 Å². The fraction of sp³-hybridized carbons (Fsp3) is 1.00. The van der Waals surface area contributed by atoms with Gasteiger partial charge in [0.15, 0.2) is 0 Å². The van der Waals surface area contributed by atoms with Gasteiger partial charge in [0.25, 0.3) is 0 Å². The van der Waals surface area contributed by atoms with Gasteiger partial charge in [-0.3, -0.25) is 4.90 Å². The first-order valence-electron chi connectivity index (χ1n) is 5.14. The van der Waals surface area contributed by atoms with Crippen LogP contribution in [0.3, 0.4) is 0 Å². The zero-order valence-electron chi connectivity index (χ0n) is 8.62. The van der Waals surface area contributed by atoms with Crippen LogP contribution in [-0.4, -0.2) is 41.6 Å². The van der Waals surface area contributed by atoms with Crippen molar-refractivity contribution in [2.75, 3.05) is 24.6 Å². The molecule has 0 spiro atoms. The van der Waals surface area contributed by atoms with Crippen molar-refractivity contribution in [3.05, 3.63) is 0 Å². The predicted octanol–water partition coefficient (Wildman–Crippen LogP) is 1.16. The molecule has 2 rings (SSSR count).